The molecule has 0 atom stereocenters. The van der Waals surface area contributed by atoms with E-state index in [0.29, 0.717) is 12.4 Å². The number of hydrogen-bond donors (Lipinski definition) is 2. The van der Waals surface area contributed by atoms with E-state index in [1.807, 2.05) is 0 Å². The number of ether oxygens (including phenoxy) is 1. The van der Waals surface area contributed by atoms with Crippen molar-refractivity contribution >= 4 is 21.5 Å². The number of benzene rings is 1. The van der Waals surface area contributed by atoms with E-state index < -0.39 is 32.2 Å². The van der Waals surface area contributed by atoms with Gasteiger partial charge in [-0.1, -0.05) is 0 Å². The molecular weight excluding hydrogens is 326 g/mol. The molecule has 0 spiro atoms. The number of sulfonamides is 1. The van der Waals surface area contributed by atoms with E-state index in [1.54, 1.807) is 6.92 Å². The van der Waals surface area contributed by atoms with Crippen LogP contribution < -0.4 is 9.46 Å². The van der Waals surface area contributed by atoms with Gasteiger partial charge in [0, 0.05) is 0 Å². The summed E-state index contributed by atoms with van der Waals surface area (Å²) in [4.78, 5) is 13.3. The molecule has 10 heteroatoms. The molecule has 0 saturated carbocycles. The summed E-state index contributed by atoms with van der Waals surface area (Å²) in [5, 5.41) is 20.2. The first kappa shape index (κ1) is 16.5. The average molecular weight is 339 g/mol. The van der Waals surface area contributed by atoms with Gasteiger partial charge in [0.25, 0.3) is 15.7 Å². The summed E-state index contributed by atoms with van der Waals surface area (Å²) >= 11 is 0. The Morgan fingerprint density at radius 1 is 1.35 bits per heavy atom. The van der Waals surface area contributed by atoms with Crippen molar-refractivity contribution < 1.29 is 23.2 Å². The van der Waals surface area contributed by atoms with Crippen LogP contribution in [0.25, 0.3) is 0 Å². The molecule has 2 rings (SSSR count). The van der Waals surface area contributed by atoms with Crippen LogP contribution in [0.1, 0.15) is 6.92 Å². The highest BCUT2D eigenvalue weighted by molar-refractivity contribution is 7.92. The van der Waals surface area contributed by atoms with Gasteiger partial charge in [-0.25, -0.2) is 13.4 Å². The van der Waals surface area contributed by atoms with Crippen LogP contribution >= 0.6 is 0 Å². The molecule has 9 nitrogen and oxygen atoms in total. The first-order chi connectivity index (χ1) is 10.8. The molecule has 0 fully saturated rings. The number of hydrogen-bond acceptors (Lipinski definition) is 7. The summed E-state index contributed by atoms with van der Waals surface area (Å²) in [5.74, 6) is -0.527. The molecule has 0 radical (unpaired) electrons. The predicted molar refractivity (Wildman–Crippen MR) is 81.0 cm³/mol. The van der Waals surface area contributed by atoms with Crippen molar-refractivity contribution in [2.75, 3.05) is 11.3 Å². The maximum atomic E-state index is 12.2. The minimum Gasteiger partial charge on any atom is -0.504 e. The maximum absolute atomic E-state index is 12.2. The molecular formula is C13H13N3O6S. The summed E-state index contributed by atoms with van der Waals surface area (Å²) in [6, 6.07) is 6.44. The van der Waals surface area contributed by atoms with Crippen molar-refractivity contribution in [3.63, 3.8) is 0 Å². The molecule has 1 aromatic heterocycles. The number of aromatic nitrogens is 1. The number of nitrogens with one attached hydrogen (secondary N) is 1. The fourth-order valence-corrected chi connectivity index (χ4v) is 2.71. The zero-order valence-corrected chi connectivity index (χ0v) is 12.8. The number of rotatable bonds is 6. The third-order valence-corrected chi connectivity index (χ3v) is 4.09. The molecule has 23 heavy (non-hydrogen) atoms. The lowest BCUT2D eigenvalue weighted by Crippen LogP contribution is -2.14. The van der Waals surface area contributed by atoms with E-state index in [1.165, 1.54) is 24.3 Å². The van der Waals surface area contributed by atoms with Crippen LogP contribution in [0.3, 0.4) is 0 Å². The van der Waals surface area contributed by atoms with E-state index in [0.717, 1.165) is 12.3 Å². The summed E-state index contributed by atoms with van der Waals surface area (Å²) < 4.78 is 31.7. The minimum atomic E-state index is -4.00. The second-order valence-electron chi connectivity index (χ2n) is 4.33. The van der Waals surface area contributed by atoms with E-state index in [9.17, 15) is 23.6 Å². The van der Waals surface area contributed by atoms with Crippen LogP contribution in [-0.4, -0.2) is 30.0 Å². The molecule has 2 aromatic rings. The number of pyridine rings is 1. The van der Waals surface area contributed by atoms with E-state index in [4.69, 9.17) is 4.74 Å². The molecule has 0 aliphatic heterocycles. The molecule has 122 valence electrons. The van der Waals surface area contributed by atoms with Gasteiger partial charge in [0.2, 0.25) is 0 Å². The quantitative estimate of drug-likeness (QED) is 0.606. The fraction of sp³-hybridized carbons (Fsp3) is 0.154. The van der Waals surface area contributed by atoms with Crippen LogP contribution in [0.2, 0.25) is 0 Å². The van der Waals surface area contributed by atoms with Gasteiger partial charge in [0.05, 0.1) is 22.5 Å². The Hall–Kier alpha value is -2.88. The van der Waals surface area contributed by atoms with Crippen molar-refractivity contribution in [3.05, 3.63) is 46.6 Å². The first-order valence-corrected chi connectivity index (χ1v) is 7.91. The molecule has 1 heterocycles. The van der Waals surface area contributed by atoms with Gasteiger partial charge in [0.15, 0.2) is 11.6 Å². The monoisotopic (exact) mass is 339 g/mol. The first-order valence-electron chi connectivity index (χ1n) is 6.42. The van der Waals surface area contributed by atoms with Crippen molar-refractivity contribution in [2.45, 2.75) is 11.8 Å². The van der Waals surface area contributed by atoms with E-state index in [2.05, 4.69) is 9.71 Å². The molecule has 0 bridgehead atoms. The van der Waals surface area contributed by atoms with Gasteiger partial charge in [-0.15, -0.1) is 0 Å². The van der Waals surface area contributed by atoms with Crippen molar-refractivity contribution in [2.24, 2.45) is 0 Å². The average Bonchev–Trinajstić information content (AvgIpc) is 2.50. The van der Waals surface area contributed by atoms with Crippen LogP contribution in [0.5, 0.6) is 11.5 Å². The van der Waals surface area contributed by atoms with Crippen molar-refractivity contribution in [3.8, 4) is 11.5 Å². The zero-order valence-electron chi connectivity index (χ0n) is 12.0. The Kier molecular flexibility index (Phi) is 4.65. The Balaban J connectivity index is 2.25. The number of nitro groups is 1. The molecule has 0 unspecified atom stereocenters. The second kappa shape index (κ2) is 6.48. The van der Waals surface area contributed by atoms with Gasteiger partial charge >= 0.3 is 0 Å². The van der Waals surface area contributed by atoms with Gasteiger partial charge in [-0.05, 0) is 31.2 Å². The van der Waals surface area contributed by atoms with Crippen LogP contribution in [0, 0.1) is 10.1 Å². The second-order valence-corrected chi connectivity index (χ2v) is 6.01. The standard InChI is InChI=1S/C13H13N3O6S/c1-2-22-10-3-5-11(6-4-10)23(20,21)15-13-12(17)7-9(8-14-13)16(18)19/h3-8,17H,2H2,1H3,(H,14,15). The smallest absolute Gasteiger partial charge is 0.291 e. The number of aromatic hydroxyl groups is 1. The Morgan fingerprint density at radius 2 is 2.00 bits per heavy atom. The number of nitrogens with zero attached hydrogens (tertiary/aromatic N) is 2. The lowest BCUT2D eigenvalue weighted by molar-refractivity contribution is -0.385. The molecule has 0 saturated heterocycles. The van der Waals surface area contributed by atoms with Gasteiger partial charge < -0.3 is 9.84 Å². The Labute approximate surface area is 131 Å². The highest BCUT2D eigenvalue weighted by Gasteiger charge is 2.19. The zero-order chi connectivity index (χ0) is 17.0. The SMILES string of the molecule is CCOc1ccc(S(=O)(=O)Nc2ncc([N+](=O)[O-])cc2O)cc1. The Bertz CT molecular complexity index is 820. The van der Waals surface area contributed by atoms with Gasteiger partial charge in [-0.3, -0.25) is 14.8 Å². The predicted octanol–water partition coefficient (Wildman–Crippen LogP) is 1.89. The third-order valence-electron chi connectivity index (χ3n) is 2.74. The lowest BCUT2D eigenvalue weighted by atomic mass is 10.3. The van der Waals surface area contributed by atoms with Gasteiger partial charge in [-0.2, -0.15) is 0 Å². The van der Waals surface area contributed by atoms with Crippen LogP contribution in [-0.2, 0) is 10.0 Å². The van der Waals surface area contributed by atoms with E-state index >= 15 is 0 Å². The lowest BCUT2D eigenvalue weighted by Gasteiger charge is -2.09. The van der Waals surface area contributed by atoms with E-state index in [-0.39, 0.29) is 4.90 Å². The summed E-state index contributed by atoms with van der Waals surface area (Å²) in [6.07, 6.45) is 0.843. The highest BCUT2D eigenvalue weighted by Crippen LogP contribution is 2.27. The highest BCUT2D eigenvalue weighted by atomic mass is 32.2. The van der Waals surface area contributed by atoms with Crippen molar-refractivity contribution in [1.82, 2.24) is 4.98 Å². The molecule has 1 aromatic carbocycles. The molecule has 0 aliphatic rings. The number of anilines is 1. The Morgan fingerprint density at radius 3 is 2.52 bits per heavy atom. The minimum absolute atomic E-state index is 0.0690. The fourth-order valence-electron chi connectivity index (χ4n) is 1.69. The summed E-state index contributed by atoms with van der Waals surface area (Å²) in [7, 11) is -4.00. The largest absolute Gasteiger partial charge is 0.504 e. The summed E-state index contributed by atoms with van der Waals surface area (Å²) in [6.45, 7) is 2.25. The maximum Gasteiger partial charge on any atom is 0.291 e. The van der Waals surface area contributed by atoms with Crippen molar-refractivity contribution in [1.29, 1.82) is 0 Å². The molecule has 0 amide bonds. The summed E-state index contributed by atoms with van der Waals surface area (Å²) in [5.41, 5.74) is -0.452. The molecule has 0 aliphatic carbocycles. The third kappa shape index (κ3) is 3.86. The van der Waals surface area contributed by atoms with Gasteiger partial charge in [0.1, 0.15) is 11.9 Å². The molecule has 2 N–H and O–H groups in total. The normalized spacial score (nSPS) is 11.0. The van der Waals surface area contributed by atoms with Crippen LogP contribution in [0.15, 0.2) is 41.4 Å². The topological polar surface area (TPSA) is 132 Å². The van der Waals surface area contributed by atoms with Crippen LogP contribution in [0.4, 0.5) is 11.5 Å².